The Morgan fingerprint density at radius 2 is 1.76 bits per heavy atom. The second-order valence-electron chi connectivity index (χ2n) is 4.87. The molecule has 0 radical (unpaired) electrons. The van der Waals surface area contributed by atoms with Gasteiger partial charge in [0.2, 0.25) is 0 Å². The van der Waals surface area contributed by atoms with Crippen LogP contribution in [0.1, 0.15) is 26.3 Å². The Labute approximate surface area is 145 Å². The summed E-state index contributed by atoms with van der Waals surface area (Å²) in [4.78, 5) is 23.2. The molecule has 0 fully saturated rings. The minimum absolute atomic E-state index is 0.0228. The highest BCUT2D eigenvalue weighted by Gasteiger charge is 2.30. The summed E-state index contributed by atoms with van der Waals surface area (Å²) >= 11 is 5.94. The number of carboxylic acid groups (broad SMARTS) is 1. The van der Waals surface area contributed by atoms with Gasteiger partial charge in [-0.3, -0.25) is 4.79 Å². The number of anilines is 1. The average Bonchev–Trinajstić information content (AvgIpc) is 2.55. The van der Waals surface area contributed by atoms with E-state index in [0.29, 0.717) is 0 Å². The minimum atomic E-state index is -4.50. The second kappa shape index (κ2) is 7.02. The van der Waals surface area contributed by atoms with E-state index in [1.54, 1.807) is 0 Å². The number of nitrogens with one attached hydrogen (secondary N) is 1. The minimum Gasteiger partial charge on any atom is -0.496 e. The lowest BCUT2D eigenvalue weighted by molar-refractivity contribution is -0.137. The van der Waals surface area contributed by atoms with Crippen LogP contribution in [-0.4, -0.2) is 24.1 Å². The Morgan fingerprint density at radius 1 is 1.16 bits per heavy atom. The molecular formula is C16H11ClF3NO4. The highest BCUT2D eigenvalue weighted by molar-refractivity contribution is 6.34. The number of hydrogen-bond donors (Lipinski definition) is 2. The van der Waals surface area contributed by atoms with Gasteiger partial charge >= 0.3 is 12.1 Å². The first-order valence-electron chi connectivity index (χ1n) is 6.73. The Morgan fingerprint density at radius 3 is 2.24 bits per heavy atom. The van der Waals surface area contributed by atoms with E-state index in [-0.39, 0.29) is 27.6 Å². The van der Waals surface area contributed by atoms with E-state index in [1.165, 1.54) is 13.2 Å². The number of halogens is 4. The average molecular weight is 374 g/mol. The van der Waals surface area contributed by atoms with Crippen molar-refractivity contribution < 1.29 is 32.6 Å². The van der Waals surface area contributed by atoms with Gasteiger partial charge in [-0.05, 0) is 30.3 Å². The van der Waals surface area contributed by atoms with E-state index < -0.39 is 23.6 Å². The van der Waals surface area contributed by atoms with Crippen molar-refractivity contribution in [1.82, 2.24) is 0 Å². The lowest BCUT2D eigenvalue weighted by Gasteiger charge is -2.12. The Hall–Kier alpha value is -2.74. The molecule has 9 heteroatoms. The maximum atomic E-state index is 12.5. The van der Waals surface area contributed by atoms with Crippen LogP contribution in [0.5, 0.6) is 5.75 Å². The summed E-state index contributed by atoms with van der Waals surface area (Å²) in [5.74, 6) is -2.00. The lowest BCUT2D eigenvalue weighted by atomic mass is 10.1. The van der Waals surface area contributed by atoms with E-state index in [2.05, 4.69) is 5.32 Å². The maximum absolute atomic E-state index is 12.5. The fraction of sp³-hybridized carbons (Fsp3) is 0.125. The summed E-state index contributed by atoms with van der Waals surface area (Å²) in [6.07, 6.45) is -4.50. The highest BCUT2D eigenvalue weighted by Crippen LogP contribution is 2.32. The standard InChI is InChI=1S/C16H11ClF3NO4/c1-25-13-7-12(11(17)6-10(13)15(23)24)21-14(22)8-2-4-9(5-3-8)16(18,19)20/h2-7H,1H3,(H,21,22)(H,23,24). The summed E-state index contributed by atoms with van der Waals surface area (Å²) in [5, 5.41) is 11.4. The number of ether oxygens (including phenoxy) is 1. The molecule has 2 aromatic rings. The second-order valence-corrected chi connectivity index (χ2v) is 5.27. The molecule has 2 rings (SSSR count). The number of hydrogen-bond acceptors (Lipinski definition) is 3. The van der Waals surface area contributed by atoms with E-state index in [0.717, 1.165) is 30.3 Å². The number of aromatic carboxylic acids is 1. The number of carbonyl (C=O) groups excluding carboxylic acids is 1. The molecule has 0 spiro atoms. The van der Waals surface area contributed by atoms with E-state index >= 15 is 0 Å². The van der Waals surface area contributed by atoms with Gasteiger partial charge in [0.25, 0.3) is 5.91 Å². The predicted octanol–water partition coefficient (Wildman–Crippen LogP) is 4.32. The van der Waals surface area contributed by atoms with Gasteiger partial charge in [0.15, 0.2) is 0 Å². The number of methoxy groups -OCH3 is 1. The molecule has 2 N–H and O–H groups in total. The van der Waals surface area contributed by atoms with Crippen molar-refractivity contribution in [1.29, 1.82) is 0 Å². The van der Waals surface area contributed by atoms with Crippen molar-refractivity contribution in [3.8, 4) is 5.75 Å². The molecule has 0 bridgehead atoms. The molecule has 25 heavy (non-hydrogen) atoms. The molecule has 0 atom stereocenters. The zero-order valence-corrected chi connectivity index (χ0v) is 13.4. The summed E-state index contributed by atoms with van der Waals surface area (Å²) < 4.78 is 42.5. The SMILES string of the molecule is COc1cc(NC(=O)c2ccc(C(F)(F)F)cc2)c(Cl)cc1C(=O)O. The topological polar surface area (TPSA) is 75.6 Å². The monoisotopic (exact) mass is 373 g/mol. The largest absolute Gasteiger partial charge is 0.496 e. The molecule has 132 valence electrons. The zero-order valence-electron chi connectivity index (χ0n) is 12.6. The Balaban J connectivity index is 2.27. The summed E-state index contributed by atoms with van der Waals surface area (Å²) in [6.45, 7) is 0. The summed E-state index contributed by atoms with van der Waals surface area (Å²) in [6, 6.07) is 5.93. The first kappa shape index (κ1) is 18.6. The molecule has 0 aliphatic carbocycles. The van der Waals surface area contributed by atoms with Crippen molar-refractivity contribution in [2.24, 2.45) is 0 Å². The molecular weight excluding hydrogens is 363 g/mol. The van der Waals surface area contributed by atoms with Crippen molar-refractivity contribution >= 4 is 29.2 Å². The van der Waals surface area contributed by atoms with E-state index in [4.69, 9.17) is 21.4 Å². The van der Waals surface area contributed by atoms with Crippen LogP contribution in [0, 0.1) is 0 Å². The van der Waals surface area contributed by atoms with Crippen LogP contribution in [0.25, 0.3) is 0 Å². The van der Waals surface area contributed by atoms with Crippen LogP contribution in [0.15, 0.2) is 36.4 Å². The molecule has 0 saturated heterocycles. The Kier molecular flexibility index (Phi) is 5.22. The smallest absolute Gasteiger partial charge is 0.416 e. The maximum Gasteiger partial charge on any atom is 0.416 e. The van der Waals surface area contributed by atoms with Crippen LogP contribution in [-0.2, 0) is 6.18 Å². The van der Waals surface area contributed by atoms with E-state index in [9.17, 15) is 22.8 Å². The predicted molar refractivity (Wildman–Crippen MR) is 84.4 cm³/mol. The van der Waals surface area contributed by atoms with Crippen molar-refractivity contribution in [2.45, 2.75) is 6.18 Å². The number of carboxylic acids is 1. The number of alkyl halides is 3. The van der Waals surface area contributed by atoms with E-state index in [1.807, 2.05) is 0 Å². The molecule has 2 aromatic carbocycles. The molecule has 0 aromatic heterocycles. The molecule has 0 aliphatic heterocycles. The third-order valence-electron chi connectivity index (χ3n) is 3.24. The van der Waals surface area contributed by atoms with Crippen LogP contribution in [0.4, 0.5) is 18.9 Å². The molecule has 0 aliphatic rings. The van der Waals surface area contributed by atoms with Gasteiger partial charge < -0.3 is 15.2 Å². The number of carbonyl (C=O) groups is 2. The van der Waals surface area contributed by atoms with Gasteiger partial charge in [-0.15, -0.1) is 0 Å². The fourth-order valence-corrected chi connectivity index (χ4v) is 2.20. The fourth-order valence-electron chi connectivity index (χ4n) is 1.99. The molecule has 0 saturated carbocycles. The quantitative estimate of drug-likeness (QED) is 0.837. The summed E-state index contributed by atoms with van der Waals surface area (Å²) in [5.41, 5.74) is -1.03. The number of benzene rings is 2. The van der Waals surface area contributed by atoms with Crippen LogP contribution in [0.3, 0.4) is 0 Å². The molecule has 1 amide bonds. The molecule has 0 heterocycles. The first-order valence-corrected chi connectivity index (χ1v) is 7.10. The summed E-state index contributed by atoms with van der Waals surface area (Å²) in [7, 11) is 1.25. The zero-order chi connectivity index (χ0) is 18.8. The third kappa shape index (κ3) is 4.21. The number of rotatable bonds is 4. The normalized spacial score (nSPS) is 11.1. The van der Waals surface area contributed by atoms with Crippen LogP contribution in [0.2, 0.25) is 5.02 Å². The number of amides is 1. The van der Waals surface area contributed by atoms with Crippen LogP contribution < -0.4 is 10.1 Å². The van der Waals surface area contributed by atoms with Gasteiger partial charge in [-0.25, -0.2) is 4.79 Å². The highest BCUT2D eigenvalue weighted by atomic mass is 35.5. The third-order valence-corrected chi connectivity index (χ3v) is 3.55. The molecule has 0 unspecified atom stereocenters. The molecule has 5 nitrogen and oxygen atoms in total. The van der Waals surface area contributed by atoms with Gasteiger partial charge in [-0.1, -0.05) is 11.6 Å². The first-order chi connectivity index (χ1) is 11.6. The van der Waals surface area contributed by atoms with Crippen molar-refractivity contribution in [2.75, 3.05) is 12.4 Å². The van der Waals surface area contributed by atoms with Gasteiger partial charge in [0, 0.05) is 11.6 Å². The van der Waals surface area contributed by atoms with Crippen LogP contribution >= 0.6 is 11.6 Å². The van der Waals surface area contributed by atoms with Gasteiger partial charge in [-0.2, -0.15) is 13.2 Å². The Bertz CT molecular complexity index is 819. The van der Waals surface area contributed by atoms with Crippen molar-refractivity contribution in [3.63, 3.8) is 0 Å². The van der Waals surface area contributed by atoms with Crippen molar-refractivity contribution in [3.05, 3.63) is 58.1 Å². The van der Waals surface area contributed by atoms with Gasteiger partial charge in [0.05, 0.1) is 23.4 Å². The lowest BCUT2D eigenvalue weighted by Crippen LogP contribution is -2.14. The van der Waals surface area contributed by atoms with Gasteiger partial charge in [0.1, 0.15) is 11.3 Å².